The van der Waals surface area contributed by atoms with Gasteiger partial charge in [-0.1, -0.05) is 0 Å². The molecule has 7 nitrogen and oxygen atoms in total. The van der Waals surface area contributed by atoms with Crippen LogP contribution in [0.25, 0.3) is 0 Å². The highest BCUT2D eigenvalue weighted by molar-refractivity contribution is 7.33. The summed E-state index contributed by atoms with van der Waals surface area (Å²) in [5.41, 5.74) is 10.7. The zero-order valence-electron chi connectivity index (χ0n) is 13.6. The van der Waals surface area contributed by atoms with Gasteiger partial charge >= 0.3 is 8.25 Å². The van der Waals surface area contributed by atoms with Crippen molar-refractivity contribution in [3.05, 3.63) is 0 Å². The van der Waals surface area contributed by atoms with Crippen molar-refractivity contribution in [3.63, 3.8) is 0 Å². The molecule has 0 amide bonds. The molecule has 1 fully saturated rings. The molecule has 1 aliphatic rings. The summed E-state index contributed by atoms with van der Waals surface area (Å²) < 4.78 is 30.6. The molecule has 134 valence electrons. The van der Waals surface area contributed by atoms with E-state index in [1.807, 2.05) is 0 Å². The molecule has 0 aliphatic carbocycles. The summed E-state index contributed by atoms with van der Waals surface area (Å²) >= 11 is 0. The topological polar surface area (TPSA) is 106 Å². The van der Waals surface area contributed by atoms with Gasteiger partial charge in [0.2, 0.25) is 0 Å². The molecule has 1 saturated heterocycles. The van der Waals surface area contributed by atoms with Gasteiger partial charge in [-0.05, 0) is 51.6 Å². The van der Waals surface area contributed by atoms with Gasteiger partial charge in [-0.3, -0.25) is 4.57 Å². The molecule has 1 heterocycles. The fourth-order valence-electron chi connectivity index (χ4n) is 1.54. The lowest BCUT2D eigenvalue weighted by atomic mass is 10.3. The third-order valence-corrected chi connectivity index (χ3v) is 3.67. The highest BCUT2D eigenvalue weighted by Gasteiger charge is 2.03. The Balaban J connectivity index is 0.000000461. The van der Waals surface area contributed by atoms with Crippen molar-refractivity contribution >= 4 is 8.25 Å². The standard InChI is InChI=1S/C10H24N2O2.C4H9O3P/c11-5-3-9-13-7-1-2-8-14-10-4-6-12;5-8-6-3-1-2-4-7-8/h1-12H2;8H,1-4H2. The van der Waals surface area contributed by atoms with E-state index in [4.69, 9.17) is 30.0 Å². The zero-order valence-corrected chi connectivity index (χ0v) is 14.6. The third-order valence-electron chi connectivity index (χ3n) is 2.79. The smallest absolute Gasteiger partial charge is 0.319 e. The lowest BCUT2D eigenvalue weighted by molar-refractivity contribution is 0.102. The minimum atomic E-state index is -2.08. The van der Waals surface area contributed by atoms with Gasteiger partial charge in [0.1, 0.15) is 0 Å². The van der Waals surface area contributed by atoms with E-state index in [0.717, 1.165) is 65.0 Å². The number of hydrogen-bond donors (Lipinski definition) is 2. The zero-order chi connectivity index (χ0) is 16.3. The highest BCUT2D eigenvalue weighted by Crippen LogP contribution is 2.26. The Morgan fingerprint density at radius 1 is 0.773 bits per heavy atom. The quantitative estimate of drug-likeness (QED) is 0.435. The molecule has 0 aromatic carbocycles. The Labute approximate surface area is 134 Å². The van der Waals surface area contributed by atoms with Crippen LogP contribution in [0.15, 0.2) is 0 Å². The number of unbranched alkanes of at least 4 members (excludes halogenated alkanes) is 1. The Morgan fingerprint density at radius 3 is 1.59 bits per heavy atom. The van der Waals surface area contributed by atoms with Crippen LogP contribution in [0, 0.1) is 0 Å². The first-order chi connectivity index (χ1) is 10.8. The van der Waals surface area contributed by atoms with Crippen molar-refractivity contribution in [3.8, 4) is 0 Å². The minimum Gasteiger partial charge on any atom is -0.381 e. The molecular weight excluding hydrogens is 307 g/mol. The first-order valence-electron chi connectivity index (χ1n) is 8.16. The maximum atomic E-state index is 10.4. The van der Waals surface area contributed by atoms with Crippen molar-refractivity contribution < 1.29 is 23.1 Å². The normalized spacial score (nSPS) is 15.9. The second-order valence-electron chi connectivity index (χ2n) is 4.87. The summed E-state index contributed by atoms with van der Waals surface area (Å²) in [4.78, 5) is 0. The second-order valence-corrected chi connectivity index (χ2v) is 5.95. The van der Waals surface area contributed by atoms with Crippen LogP contribution < -0.4 is 11.5 Å². The molecule has 0 aromatic rings. The first-order valence-corrected chi connectivity index (χ1v) is 9.39. The van der Waals surface area contributed by atoms with Crippen molar-refractivity contribution in [2.75, 3.05) is 52.7 Å². The molecule has 8 heteroatoms. The van der Waals surface area contributed by atoms with E-state index in [9.17, 15) is 4.57 Å². The fraction of sp³-hybridized carbons (Fsp3) is 1.00. The maximum Gasteiger partial charge on any atom is 0.319 e. The molecule has 1 aliphatic heterocycles. The van der Waals surface area contributed by atoms with E-state index in [-0.39, 0.29) is 0 Å². The summed E-state index contributed by atoms with van der Waals surface area (Å²) in [6, 6.07) is 0. The van der Waals surface area contributed by atoms with Crippen LogP contribution in [0.1, 0.15) is 38.5 Å². The predicted molar refractivity (Wildman–Crippen MR) is 88.4 cm³/mol. The van der Waals surface area contributed by atoms with E-state index in [2.05, 4.69) is 0 Å². The summed E-state index contributed by atoms with van der Waals surface area (Å²) in [7, 11) is -2.08. The molecule has 0 aromatic heterocycles. The minimum absolute atomic E-state index is 0.595. The largest absolute Gasteiger partial charge is 0.381 e. The van der Waals surface area contributed by atoms with Gasteiger partial charge in [0.15, 0.2) is 0 Å². The van der Waals surface area contributed by atoms with Gasteiger partial charge in [-0.25, -0.2) is 0 Å². The monoisotopic (exact) mass is 340 g/mol. The summed E-state index contributed by atoms with van der Waals surface area (Å²) in [5, 5.41) is 0. The van der Waals surface area contributed by atoms with E-state index in [1.165, 1.54) is 0 Å². The molecule has 0 atom stereocenters. The van der Waals surface area contributed by atoms with Crippen molar-refractivity contribution in [1.82, 2.24) is 0 Å². The SMILES string of the molecule is NCCCOCCCCOCCCN.O=[PH]1OCCCCO1. The van der Waals surface area contributed by atoms with E-state index >= 15 is 0 Å². The lowest BCUT2D eigenvalue weighted by Crippen LogP contribution is -2.07. The number of ether oxygens (including phenoxy) is 2. The molecule has 0 spiro atoms. The highest BCUT2D eigenvalue weighted by atomic mass is 31.1. The molecule has 0 saturated carbocycles. The van der Waals surface area contributed by atoms with Crippen LogP contribution in [-0.4, -0.2) is 52.7 Å². The van der Waals surface area contributed by atoms with Gasteiger partial charge in [0.25, 0.3) is 0 Å². The summed E-state index contributed by atoms with van der Waals surface area (Å²) in [5.74, 6) is 0. The second kappa shape index (κ2) is 19.0. The van der Waals surface area contributed by atoms with Crippen LogP contribution in [0.2, 0.25) is 0 Å². The van der Waals surface area contributed by atoms with Gasteiger partial charge < -0.3 is 30.0 Å². The average Bonchev–Trinajstić information content (AvgIpc) is 2.77. The van der Waals surface area contributed by atoms with E-state index in [0.29, 0.717) is 26.3 Å². The van der Waals surface area contributed by atoms with E-state index < -0.39 is 8.25 Å². The van der Waals surface area contributed by atoms with Crippen LogP contribution in [-0.2, 0) is 23.1 Å². The Morgan fingerprint density at radius 2 is 1.18 bits per heavy atom. The van der Waals surface area contributed by atoms with Crippen molar-refractivity contribution in [2.24, 2.45) is 11.5 Å². The number of rotatable bonds is 11. The average molecular weight is 340 g/mol. The van der Waals surface area contributed by atoms with Gasteiger partial charge in [0, 0.05) is 26.4 Å². The number of hydrogen-bond acceptors (Lipinski definition) is 7. The third kappa shape index (κ3) is 18.0. The van der Waals surface area contributed by atoms with Crippen molar-refractivity contribution in [1.29, 1.82) is 0 Å². The molecule has 0 radical (unpaired) electrons. The van der Waals surface area contributed by atoms with Crippen molar-refractivity contribution in [2.45, 2.75) is 38.5 Å². The lowest BCUT2D eigenvalue weighted by Gasteiger charge is -2.04. The first kappa shape index (κ1) is 22.0. The Bertz CT molecular complexity index is 225. The van der Waals surface area contributed by atoms with Gasteiger partial charge in [-0.15, -0.1) is 0 Å². The Kier molecular flexibility index (Phi) is 19.0. The van der Waals surface area contributed by atoms with Gasteiger partial charge in [-0.2, -0.15) is 0 Å². The molecular formula is C14H33N2O5P. The predicted octanol–water partition coefficient (Wildman–Crippen LogP) is 1.70. The maximum absolute atomic E-state index is 10.4. The van der Waals surface area contributed by atoms with Crippen LogP contribution in [0.4, 0.5) is 0 Å². The Hall–Kier alpha value is -0.0100. The fourth-order valence-corrected chi connectivity index (χ4v) is 2.25. The molecule has 22 heavy (non-hydrogen) atoms. The number of nitrogens with two attached hydrogens (primary N) is 2. The summed E-state index contributed by atoms with van der Waals surface area (Å²) in [6.07, 6.45) is 5.97. The molecule has 1 rings (SSSR count). The molecule has 4 N–H and O–H groups in total. The summed E-state index contributed by atoms with van der Waals surface area (Å²) in [6.45, 7) is 5.82. The van der Waals surface area contributed by atoms with E-state index in [1.54, 1.807) is 0 Å². The van der Waals surface area contributed by atoms with Crippen LogP contribution in [0.3, 0.4) is 0 Å². The van der Waals surface area contributed by atoms with Crippen LogP contribution >= 0.6 is 8.25 Å². The van der Waals surface area contributed by atoms with Crippen LogP contribution in [0.5, 0.6) is 0 Å². The molecule has 0 bridgehead atoms. The molecule has 0 unspecified atom stereocenters. The van der Waals surface area contributed by atoms with Gasteiger partial charge in [0.05, 0.1) is 13.2 Å².